The van der Waals surface area contributed by atoms with Crippen LogP contribution in [0.25, 0.3) is 0 Å². The van der Waals surface area contributed by atoms with Crippen molar-refractivity contribution in [3.63, 3.8) is 0 Å². The number of amides is 1. The fourth-order valence-electron chi connectivity index (χ4n) is 5.77. The number of sulfonamides is 1. The lowest BCUT2D eigenvalue weighted by Gasteiger charge is -2.34. The fraction of sp³-hybridized carbons (Fsp3) is 0.485. The summed E-state index contributed by atoms with van der Waals surface area (Å²) in [5, 5.41) is 10.4. The molecule has 0 spiro atoms. The SMILES string of the molecule is COCCNc1cc(N2CCN(C)CC2)ccc1C(=O)Nc1nn(C(=O)OCCOCCOC)c2c1CN(S(=O)(=O)c1cc(F)cc(F)c1)CC2. The molecule has 2 aliphatic heterocycles. The van der Waals surface area contributed by atoms with Crippen molar-refractivity contribution in [1.29, 1.82) is 0 Å². The molecule has 18 heteroatoms. The van der Waals surface area contributed by atoms with Crippen LogP contribution in [0.4, 0.5) is 30.8 Å². The standard InChI is InChI=1S/C33H43F2N7O8S/c1-39-9-11-40(12-10-39)25-4-5-27(29(21-25)36-7-13-47-2)32(43)37-31-28-22-41(51(45,46)26-19-23(34)18-24(35)20-26)8-6-30(28)42(38-31)33(44)50-17-16-49-15-14-48-3/h4-5,18-21,36H,6-17,22H2,1-3H3,(H,37,38,43). The summed E-state index contributed by atoms with van der Waals surface area (Å²) in [6.45, 7) is 4.42. The monoisotopic (exact) mass is 735 g/mol. The second-order valence-corrected chi connectivity index (χ2v) is 13.9. The Morgan fingerprint density at radius 3 is 2.31 bits per heavy atom. The summed E-state index contributed by atoms with van der Waals surface area (Å²) in [5.41, 5.74) is 2.30. The van der Waals surface area contributed by atoms with E-state index in [0.717, 1.165) is 53.0 Å². The van der Waals surface area contributed by atoms with Crippen LogP contribution in [0.5, 0.6) is 0 Å². The number of nitrogens with one attached hydrogen (secondary N) is 2. The van der Waals surface area contributed by atoms with Crippen LogP contribution in [-0.2, 0) is 41.9 Å². The summed E-state index contributed by atoms with van der Waals surface area (Å²) in [7, 11) is 0.782. The number of carbonyl (C=O) groups excluding carboxylic acids is 2. The largest absolute Gasteiger partial charge is 0.445 e. The smallest absolute Gasteiger partial charge is 0.435 e. The summed E-state index contributed by atoms with van der Waals surface area (Å²) < 4.78 is 78.0. The number of nitrogens with zero attached hydrogens (tertiary/aromatic N) is 5. The van der Waals surface area contributed by atoms with E-state index >= 15 is 0 Å². The highest BCUT2D eigenvalue weighted by Gasteiger charge is 2.35. The number of fused-ring (bicyclic) bond motifs is 1. The van der Waals surface area contributed by atoms with E-state index in [9.17, 15) is 26.8 Å². The number of carbonyl (C=O) groups is 2. The van der Waals surface area contributed by atoms with Crippen molar-refractivity contribution in [2.75, 3.05) is 109 Å². The first kappa shape index (κ1) is 38.0. The number of piperazine rings is 1. The van der Waals surface area contributed by atoms with Crippen LogP contribution in [0.3, 0.4) is 0 Å². The lowest BCUT2D eigenvalue weighted by atomic mass is 10.1. The summed E-state index contributed by atoms with van der Waals surface area (Å²) in [6.07, 6.45) is -0.873. The number of methoxy groups -OCH3 is 2. The molecule has 2 N–H and O–H groups in total. The molecule has 0 atom stereocenters. The van der Waals surface area contributed by atoms with Crippen molar-refractivity contribution in [2.24, 2.45) is 0 Å². The van der Waals surface area contributed by atoms with Crippen LogP contribution < -0.4 is 15.5 Å². The van der Waals surface area contributed by atoms with Crippen molar-refractivity contribution in [3.8, 4) is 0 Å². The highest BCUT2D eigenvalue weighted by molar-refractivity contribution is 7.89. The zero-order valence-electron chi connectivity index (χ0n) is 28.8. The molecule has 1 fully saturated rings. The van der Waals surface area contributed by atoms with Gasteiger partial charge in [-0.3, -0.25) is 4.79 Å². The van der Waals surface area contributed by atoms with E-state index in [1.165, 1.54) is 7.11 Å². The molecule has 3 heterocycles. The predicted molar refractivity (Wildman–Crippen MR) is 184 cm³/mol. The number of rotatable bonds is 15. The molecule has 0 saturated carbocycles. The molecule has 1 saturated heterocycles. The zero-order valence-corrected chi connectivity index (χ0v) is 29.6. The Bertz CT molecular complexity index is 1780. The fourth-order valence-corrected chi connectivity index (χ4v) is 7.22. The minimum atomic E-state index is -4.39. The second-order valence-electron chi connectivity index (χ2n) is 12.0. The molecule has 1 aromatic heterocycles. The molecule has 15 nitrogen and oxygen atoms in total. The first-order chi connectivity index (χ1) is 24.5. The molecule has 5 rings (SSSR count). The molecular weight excluding hydrogens is 692 g/mol. The molecule has 2 aromatic carbocycles. The summed E-state index contributed by atoms with van der Waals surface area (Å²) >= 11 is 0. The molecule has 0 radical (unpaired) electrons. The molecule has 0 aliphatic carbocycles. The molecular formula is C33H43F2N7O8S. The number of benzene rings is 2. The first-order valence-electron chi connectivity index (χ1n) is 16.4. The number of anilines is 3. The number of hydrogen-bond acceptors (Lipinski definition) is 12. The Kier molecular flexibility index (Phi) is 12.9. The van der Waals surface area contributed by atoms with Crippen molar-refractivity contribution in [2.45, 2.75) is 17.9 Å². The molecule has 2 aliphatic rings. The summed E-state index contributed by atoms with van der Waals surface area (Å²) in [4.78, 5) is 31.0. The van der Waals surface area contributed by atoms with Gasteiger partial charge in [-0.2, -0.15) is 8.99 Å². The number of hydrogen-bond donors (Lipinski definition) is 2. The summed E-state index contributed by atoms with van der Waals surface area (Å²) in [5.74, 6) is -2.73. The van der Waals surface area contributed by atoms with Crippen molar-refractivity contribution < 1.29 is 45.7 Å². The quantitative estimate of drug-likeness (QED) is 0.221. The van der Waals surface area contributed by atoms with Crippen LogP contribution in [-0.4, -0.2) is 133 Å². The predicted octanol–water partition coefficient (Wildman–Crippen LogP) is 2.62. The van der Waals surface area contributed by atoms with Gasteiger partial charge < -0.3 is 39.4 Å². The maximum absolute atomic E-state index is 14.0. The maximum atomic E-state index is 14.0. The van der Waals surface area contributed by atoms with E-state index < -0.39 is 38.6 Å². The van der Waals surface area contributed by atoms with Gasteiger partial charge in [0.2, 0.25) is 10.0 Å². The van der Waals surface area contributed by atoms with E-state index in [0.29, 0.717) is 43.8 Å². The van der Waals surface area contributed by atoms with E-state index in [2.05, 4.69) is 32.6 Å². The summed E-state index contributed by atoms with van der Waals surface area (Å²) in [6, 6.07) is 7.48. The van der Waals surface area contributed by atoms with Gasteiger partial charge in [-0.25, -0.2) is 22.0 Å². The minimum absolute atomic E-state index is 0.0157. The number of likely N-dealkylation sites (N-methyl/N-ethyl adjacent to an activating group) is 1. The molecule has 51 heavy (non-hydrogen) atoms. The van der Waals surface area contributed by atoms with Crippen LogP contribution in [0.15, 0.2) is 41.3 Å². The average Bonchev–Trinajstić information content (AvgIpc) is 3.47. The van der Waals surface area contributed by atoms with E-state index in [4.69, 9.17) is 18.9 Å². The molecule has 1 amide bonds. The van der Waals surface area contributed by atoms with Crippen LogP contribution in [0.2, 0.25) is 0 Å². The Morgan fingerprint density at radius 2 is 1.61 bits per heavy atom. The third-order valence-electron chi connectivity index (χ3n) is 8.52. The normalized spacial score (nSPS) is 15.4. The van der Waals surface area contributed by atoms with Crippen molar-refractivity contribution >= 4 is 39.2 Å². The Labute approximate surface area is 295 Å². The molecule has 0 unspecified atom stereocenters. The van der Waals surface area contributed by atoms with Crippen LogP contribution in [0, 0.1) is 11.6 Å². The van der Waals surface area contributed by atoms with Gasteiger partial charge in [0.1, 0.15) is 18.2 Å². The van der Waals surface area contributed by atoms with Gasteiger partial charge in [0, 0.05) is 89.5 Å². The van der Waals surface area contributed by atoms with Crippen molar-refractivity contribution in [1.82, 2.24) is 19.0 Å². The average molecular weight is 736 g/mol. The third kappa shape index (κ3) is 9.38. The third-order valence-corrected chi connectivity index (χ3v) is 10.3. The number of ether oxygens (including phenoxy) is 4. The van der Waals surface area contributed by atoms with Gasteiger partial charge in [-0.05, 0) is 37.4 Å². The van der Waals surface area contributed by atoms with Gasteiger partial charge in [0.15, 0.2) is 5.82 Å². The van der Waals surface area contributed by atoms with Crippen molar-refractivity contribution in [3.05, 3.63) is 64.9 Å². The number of aromatic nitrogens is 2. The first-order valence-corrected chi connectivity index (χ1v) is 17.9. The van der Waals surface area contributed by atoms with Gasteiger partial charge in [0.05, 0.1) is 42.6 Å². The Morgan fingerprint density at radius 1 is 0.902 bits per heavy atom. The van der Waals surface area contributed by atoms with Crippen LogP contribution in [0.1, 0.15) is 21.6 Å². The topological polar surface area (TPSA) is 157 Å². The van der Waals surface area contributed by atoms with Gasteiger partial charge >= 0.3 is 6.09 Å². The second kappa shape index (κ2) is 17.3. The Hall–Kier alpha value is -4.20. The maximum Gasteiger partial charge on any atom is 0.435 e. The van der Waals surface area contributed by atoms with Gasteiger partial charge in [-0.1, -0.05) is 0 Å². The van der Waals surface area contributed by atoms with E-state index in [1.54, 1.807) is 13.2 Å². The lowest BCUT2D eigenvalue weighted by Crippen LogP contribution is -2.44. The molecule has 278 valence electrons. The van der Waals surface area contributed by atoms with E-state index in [1.807, 2.05) is 12.1 Å². The Balaban J connectivity index is 1.44. The van der Waals surface area contributed by atoms with E-state index in [-0.39, 0.29) is 49.7 Å². The lowest BCUT2D eigenvalue weighted by molar-refractivity contribution is 0.0417. The van der Waals surface area contributed by atoms with Crippen LogP contribution >= 0.6 is 0 Å². The number of halogens is 2. The minimum Gasteiger partial charge on any atom is -0.445 e. The molecule has 3 aromatic rings. The zero-order chi connectivity index (χ0) is 36.5. The molecule has 0 bridgehead atoms. The van der Waals surface area contributed by atoms with Gasteiger partial charge in [-0.15, -0.1) is 5.10 Å². The highest BCUT2D eigenvalue weighted by Crippen LogP contribution is 2.32. The highest BCUT2D eigenvalue weighted by atomic mass is 32.2. The van der Waals surface area contributed by atoms with Gasteiger partial charge in [0.25, 0.3) is 5.91 Å².